The third-order valence-electron chi connectivity index (χ3n) is 5.09. The standard InChI is InChI=1S/C23H18N4O2/c1-29-19-12-6-5-8-15(19)14-18-20-21(26-25-18)17-11-7-13-24-22(17)27(23(20)28)16-9-3-2-4-10-16/h2-13H,14H2,1H3,(H,25,26). The molecule has 0 bridgehead atoms. The van der Waals surface area contributed by atoms with Crippen LogP contribution in [0.4, 0.5) is 0 Å². The van der Waals surface area contributed by atoms with Crippen LogP contribution in [0.25, 0.3) is 27.6 Å². The summed E-state index contributed by atoms with van der Waals surface area (Å²) in [5, 5.41) is 8.98. The van der Waals surface area contributed by atoms with Crippen molar-refractivity contribution in [3.05, 3.63) is 94.5 Å². The summed E-state index contributed by atoms with van der Waals surface area (Å²) >= 11 is 0. The Labute approximate surface area is 166 Å². The number of benzene rings is 2. The molecule has 0 aliphatic rings. The Morgan fingerprint density at radius 3 is 2.62 bits per heavy atom. The molecule has 0 saturated heterocycles. The van der Waals surface area contributed by atoms with E-state index in [-0.39, 0.29) is 5.56 Å². The molecule has 0 fully saturated rings. The van der Waals surface area contributed by atoms with Gasteiger partial charge in [0, 0.05) is 23.6 Å². The highest BCUT2D eigenvalue weighted by molar-refractivity contribution is 6.03. The fourth-order valence-corrected chi connectivity index (χ4v) is 3.76. The van der Waals surface area contributed by atoms with E-state index < -0.39 is 0 Å². The highest BCUT2D eigenvalue weighted by atomic mass is 16.5. The zero-order valence-electron chi connectivity index (χ0n) is 15.8. The zero-order chi connectivity index (χ0) is 19.8. The molecular formula is C23H18N4O2. The van der Waals surface area contributed by atoms with Crippen molar-refractivity contribution in [2.45, 2.75) is 6.42 Å². The fourth-order valence-electron chi connectivity index (χ4n) is 3.76. The van der Waals surface area contributed by atoms with Gasteiger partial charge in [0.25, 0.3) is 5.56 Å². The molecule has 5 rings (SSSR count). The molecule has 0 spiro atoms. The molecule has 0 radical (unpaired) electrons. The first kappa shape index (κ1) is 17.2. The Hall–Kier alpha value is -3.93. The number of hydrogen-bond donors (Lipinski definition) is 1. The highest BCUT2D eigenvalue weighted by Crippen LogP contribution is 2.27. The second-order valence-electron chi connectivity index (χ2n) is 6.76. The lowest BCUT2D eigenvalue weighted by Crippen LogP contribution is -2.20. The smallest absolute Gasteiger partial charge is 0.268 e. The Kier molecular flexibility index (Phi) is 4.09. The van der Waals surface area contributed by atoms with Crippen molar-refractivity contribution < 1.29 is 4.74 Å². The Balaban J connectivity index is 1.81. The average Bonchev–Trinajstić information content (AvgIpc) is 3.19. The minimum atomic E-state index is -0.143. The quantitative estimate of drug-likeness (QED) is 0.512. The van der Waals surface area contributed by atoms with Gasteiger partial charge in [0.2, 0.25) is 0 Å². The van der Waals surface area contributed by atoms with Crippen LogP contribution in [0.2, 0.25) is 0 Å². The Morgan fingerprint density at radius 2 is 1.79 bits per heavy atom. The maximum absolute atomic E-state index is 13.6. The first-order valence-corrected chi connectivity index (χ1v) is 9.32. The summed E-state index contributed by atoms with van der Waals surface area (Å²) in [5.41, 5.74) is 3.59. The molecule has 0 saturated carbocycles. The van der Waals surface area contributed by atoms with Crippen LogP contribution in [0.5, 0.6) is 5.75 Å². The molecule has 2 aromatic carbocycles. The van der Waals surface area contributed by atoms with E-state index >= 15 is 0 Å². The summed E-state index contributed by atoms with van der Waals surface area (Å²) in [6.07, 6.45) is 2.18. The maximum Gasteiger partial charge on any atom is 0.268 e. The van der Waals surface area contributed by atoms with Gasteiger partial charge in [-0.15, -0.1) is 0 Å². The van der Waals surface area contributed by atoms with Crippen molar-refractivity contribution in [1.82, 2.24) is 19.7 Å². The van der Waals surface area contributed by atoms with Crippen LogP contribution in [0.15, 0.2) is 77.7 Å². The number of rotatable bonds is 4. The van der Waals surface area contributed by atoms with Crippen LogP contribution in [0.1, 0.15) is 11.3 Å². The van der Waals surface area contributed by atoms with E-state index in [2.05, 4.69) is 15.2 Å². The van der Waals surface area contributed by atoms with E-state index in [4.69, 9.17) is 4.74 Å². The summed E-state index contributed by atoms with van der Waals surface area (Å²) in [5.74, 6) is 0.773. The lowest BCUT2D eigenvalue weighted by atomic mass is 10.1. The topological polar surface area (TPSA) is 72.8 Å². The average molecular weight is 382 g/mol. The Bertz CT molecular complexity index is 1390. The van der Waals surface area contributed by atoms with Gasteiger partial charge in [-0.05, 0) is 30.3 Å². The molecule has 6 nitrogen and oxygen atoms in total. The maximum atomic E-state index is 13.6. The lowest BCUT2D eigenvalue weighted by molar-refractivity contribution is 0.410. The van der Waals surface area contributed by atoms with E-state index in [1.54, 1.807) is 17.9 Å². The monoisotopic (exact) mass is 382 g/mol. The number of para-hydroxylation sites is 2. The predicted octanol–water partition coefficient (Wildman–Crippen LogP) is 3.86. The van der Waals surface area contributed by atoms with Gasteiger partial charge in [-0.2, -0.15) is 5.10 Å². The molecular weight excluding hydrogens is 364 g/mol. The van der Waals surface area contributed by atoms with E-state index in [0.29, 0.717) is 28.7 Å². The molecule has 29 heavy (non-hydrogen) atoms. The molecule has 1 N–H and O–H groups in total. The molecule has 3 heterocycles. The van der Waals surface area contributed by atoms with Crippen LogP contribution < -0.4 is 10.3 Å². The SMILES string of the molecule is COc1ccccc1Cc1n[nH]c2c1c(=O)n(-c1ccccc1)c1ncccc21. The molecule has 3 aromatic heterocycles. The van der Waals surface area contributed by atoms with Crippen molar-refractivity contribution in [2.24, 2.45) is 0 Å². The number of ether oxygens (including phenoxy) is 1. The van der Waals surface area contributed by atoms with Gasteiger partial charge in [0.1, 0.15) is 11.4 Å². The summed E-state index contributed by atoms with van der Waals surface area (Å²) < 4.78 is 7.12. The van der Waals surface area contributed by atoms with Crippen molar-refractivity contribution in [1.29, 1.82) is 0 Å². The summed E-state index contributed by atoms with van der Waals surface area (Å²) in [4.78, 5) is 18.1. The zero-order valence-corrected chi connectivity index (χ0v) is 15.8. The van der Waals surface area contributed by atoms with Crippen LogP contribution in [-0.2, 0) is 6.42 Å². The van der Waals surface area contributed by atoms with Gasteiger partial charge in [-0.1, -0.05) is 36.4 Å². The number of fused-ring (bicyclic) bond motifs is 3. The number of H-pyrrole nitrogens is 1. The number of methoxy groups -OCH3 is 1. The molecule has 0 aliphatic heterocycles. The normalized spacial score (nSPS) is 11.2. The van der Waals surface area contributed by atoms with Crippen LogP contribution in [0.3, 0.4) is 0 Å². The van der Waals surface area contributed by atoms with Crippen molar-refractivity contribution in [3.8, 4) is 11.4 Å². The van der Waals surface area contributed by atoms with Gasteiger partial charge in [-0.3, -0.25) is 14.5 Å². The second kappa shape index (κ2) is 6.91. The summed E-state index contributed by atoms with van der Waals surface area (Å²) in [6.45, 7) is 0. The highest BCUT2D eigenvalue weighted by Gasteiger charge is 2.19. The van der Waals surface area contributed by atoms with Crippen molar-refractivity contribution in [3.63, 3.8) is 0 Å². The minimum Gasteiger partial charge on any atom is -0.496 e. The number of hydrogen-bond acceptors (Lipinski definition) is 4. The minimum absolute atomic E-state index is 0.143. The van der Waals surface area contributed by atoms with Gasteiger partial charge in [0.15, 0.2) is 0 Å². The van der Waals surface area contributed by atoms with E-state index in [0.717, 1.165) is 22.4 Å². The van der Waals surface area contributed by atoms with E-state index in [1.165, 1.54) is 0 Å². The number of pyridine rings is 2. The second-order valence-corrected chi connectivity index (χ2v) is 6.76. The van der Waals surface area contributed by atoms with E-state index in [1.807, 2.05) is 66.7 Å². The number of nitrogens with one attached hydrogen (secondary N) is 1. The van der Waals surface area contributed by atoms with Crippen molar-refractivity contribution >= 4 is 21.9 Å². The molecule has 0 unspecified atom stereocenters. The number of aromatic amines is 1. The third kappa shape index (κ3) is 2.77. The predicted molar refractivity (Wildman–Crippen MR) is 113 cm³/mol. The number of aromatic nitrogens is 4. The third-order valence-corrected chi connectivity index (χ3v) is 5.09. The van der Waals surface area contributed by atoms with Crippen LogP contribution in [-0.4, -0.2) is 26.9 Å². The van der Waals surface area contributed by atoms with Crippen LogP contribution in [0, 0.1) is 0 Å². The fraction of sp³-hybridized carbons (Fsp3) is 0.0870. The first-order valence-electron chi connectivity index (χ1n) is 9.32. The lowest BCUT2D eigenvalue weighted by Gasteiger charge is -2.11. The number of nitrogens with zero attached hydrogens (tertiary/aromatic N) is 3. The summed E-state index contributed by atoms with van der Waals surface area (Å²) in [7, 11) is 1.64. The molecule has 0 atom stereocenters. The molecule has 6 heteroatoms. The van der Waals surface area contributed by atoms with Crippen molar-refractivity contribution in [2.75, 3.05) is 7.11 Å². The van der Waals surface area contributed by atoms with E-state index in [9.17, 15) is 4.79 Å². The Morgan fingerprint density at radius 1 is 1.00 bits per heavy atom. The molecule has 0 aliphatic carbocycles. The largest absolute Gasteiger partial charge is 0.496 e. The summed E-state index contributed by atoms with van der Waals surface area (Å²) in [6, 6.07) is 21.1. The van der Waals surface area contributed by atoms with Crippen LogP contribution >= 0.6 is 0 Å². The van der Waals surface area contributed by atoms with Gasteiger partial charge >= 0.3 is 0 Å². The molecule has 0 amide bonds. The van der Waals surface area contributed by atoms with Gasteiger partial charge < -0.3 is 4.74 Å². The molecule has 5 aromatic rings. The molecule has 142 valence electrons. The van der Waals surface area contributed by atoms with Gasteiger partial charge in [-0.25, -0.2) is 4.98 Å². The van der Waals surface area contributed by atoms with Gasteiger partial charge in [0.05, 0.1) is 29.4 Å². The first-order chi connectivity index (χ1) is 14.3.